The van der Waals surface area contributed by atoms with Crippen molar-refractivity contribution < 1.29 is 4.74 Å². The number of benzene rings is 1. The Morgan fingerprint density at radius 2 is 2.27 bits per heavy atom. The molecule has 3 N–H and O–H groups in total. The second-order valence-electron chi connectivity index (χ2n) is 3.37. The molecule has 2 rings (SSSR count). The predicted molar refractivity (Wildman–Crippen MR) is 59.8 cm³/mol. The number of aliphatic imine (C=N–C) groups is 1. The van der Waals surface area contributed by atoms with Crippen molar-refractivity contribution in [2.75, 3.05) is 6.61 Å². The summed E-state index contributed by atoms with van der Waals surface area (Å²) in [6.07, 6.45) is 0.938. The molecule has 1 heterocycles. The summed E-state index contributed by atoms with van der Waals surface area (Å²) in [5.41, 5.74) is 7.20. The van der Waals surface area contributed by atoms with Gasteiger partial charge < -0.3 is 10.5 Å². The zero-order valence-electron chi connectivity index (χ0n) is 8.58. The Kier molecular flexibility index (Phi) is 2.41. The molecule has 0 atom stereocenters. The highest BCUT2D eigenvalue weighted by molar-refractivity contribution is 6.22. The minimum absolute atomic E-state index is 0.189. The fraction of sp³-hybridized carbons (Fsp3) is 0.273. The summed E-state index contributed by atoms with van der Waals surface area (Å²) in [5, 5.41) is 7.69. The smallest absolute Gasteiger partial charge is 0.158 e. The monoisotopic (exact) mass is 203 g/mol. The fourth-order valence-electron chi connectivity index (χ4n) is 1.56. The molecule has 15 heavy (non-hydrogen) atoms. The van der Waals surface area contributed by atoms with Gasteiger partial charge in [0.15, 0.2) is 5.84 Å². The Hall–Kier alpha value is -1.84. The van der Waals surface area contributed by atoms with Crippen molar-refractivity contribution in [3.8, 4) is 5.75 Å². The lowest BCUT2D eigenvalue weighted by atomic mass is 10.1. The molecule has 0 aliphatic carbocycles. The summed E-state index contributed by atoms with van der Waals surface area (Å²) < 4.78 is 5.55. The number of hydrogen-bond acceptors (Lipinski definition) is 3. The number of rotatable bonds is 3. The lowest BCUT2D eigenvalue weighted by molar-refractivity contribution is 0.317. The molecule has 4 nitrogen and oxygen atoms in total. The standard InChI is InChI=1S/C11H13N3O/c1-2-6-15-8-5-3-4-7-9(8)11(13)14-10(7)12/h3-5H,2,6H2,1H3,(H3,12,13,14). The van der Waals surface area contributed by atoms with Gasteiger partial charge in [0.2, 0.25) is 0 Å². The van der Waals surface area contributed by atoms with Crippen LogP contribution >= 0.6 is 0 Å². The van der Waals surface area contributed by atoms with Gasteiger partial charge in [-0.05, 0) is 12.5 Å². The Morgan fingerprint density at radius 1 is 1.47 bits per heavy atom. The third kappa shape index (κ3) is 1.58. The first kappa shape index (κ1) is 9.71. The minimum Gasteiger partial charge on any atom is -0.493 e. The van der Waals surface area contributed by atoms with Crippen LogP contribution in [0, 0.1) is 5.41 Å². The number of nitrogens with two attached hydrogens (primary N) is 1. The van der Waals surface area contributed by atoms with E-state index in [1.54, 1.807) is 0 Å². The maximum Gasteiger partial charge on any atom is 0.158 e. The van der Waals surface area contributed by atoms with Gasteiger partial charge in [-0.2, -0.15) is 0 Å². The van der Waals surface area contributed by atoms with E-state index in [1.807, 2.05) is 25.1 Å². The van der Waals surface area contributed by atoms with E-state index in [0.29, 0.717) is 23.8 Å². The van der Waals surface area contributed by atoms with E-state index in [2.05, 4.69) is 4.99 Å². The zero-order chi connectivity index (χ0) is 10.8. The molecule has 1 aliphatic rings. The van der Waals surface area contributed by atoms with E-state index in [0.717, 1.165) is 12.0 Å². The summed E-state index contributed by atoms with van der Waals surface area (Å²) in [5.74, 6) is 1.29. The second-order valence-corrected chi connectivity index (χ2v) is 3.37. The first-order chi connectivity index (χ1) is 7.24. The summed E-state index contributed by atoms with van der Waals surface area (Å²) in [7, 11) is 0. The van der Waals surface area contributed by atoms with Crippen molar-refractivity contribution in [1.82, 2.24) is 0 Å². The molecule has 0 fully saturated rings. The normalized spacial score (nSPS) is 13.7. The first-order valence-corrected chi connectivity index (χ1v) is 4.93. The van der Waals surface area contributed by atoms with Crippen LogP contribution in [0.3, 0.4) is 0 Å². The fourth-order valence-corrected chi connectivity index (χ4v) is 1.56. The third-order valence-corrected chi connectivity index (χ3v) is 2.23. The number of amidine groups is 2. The number of ether oxygens (including phenoxy) is 1. The third-order valence-electron chi connectivity index (χ3n) is 2.23. The van der Waals surface area contributed by atoms with E-state index < -0.39 is 0 Å². The van der Waals surface area contributed by atoms with Crippen LogP contribution in [-0.2, 0) is 0 Å². The zero-order valence-corrected chi connectivity index (χ0v) is 8.58. The number of nitrogens with one attached hydrogen (secondary N) is 1. The first-order valence-electron chi connectivity index (χ1n) is 4.93. The highest BCUT2D eigenvalue weighted by Gasteiger charge is 2.22. The molecule has 0 spiro atoms. The highest BCUT2D eigenvalue weighted by atomic mass is 16.5. The van der Waals surface area contributed by atoms with Crippen LogP contribution in [-0.4, -0.2) is 18.3 Å². The molecule has 1 aromatic carbocycles. The average Bonchev–Trinajstić information content (AvgIpc) is 2.53. The van der Waals surface area contributed by atoms with Crippen molar-refractivity contribution >= 4 is 11.7 Å². The van der Waals surface area contributed by atoms with Crippen molar-refractivity contribution in [2.45, 2.75) is 13.3 Å². The average molecular weight is 203 g/mol. The van der Waals surface area contributed by atoms with E-state index in [-0.39, 0.29) is 5.84 Å². The molecule has 1 aromatic rings. The molecular formula is C11H13N3O. The van der Waals surface area contributed by atoms with Gasteiger partial charge in [0.05, 0.1) is 12.2 Å². The van der Waals surface area contributed by atoms with Crippen molar-refractivity contribution in [2.24, 2.45) is 10.7 Å². The molecule has 0 radical (unpaired) electrons. The van der Waals surface area contributed by atoms with Crippen LogP contribution in [0.5, 0.6) is 5.75 Å². The van der Waals surface area contributed by atoms with Crippen LogP contribution in [0.25, 0.3) is 0 Å². The lowest BCUT2D eigenvalue weighted by Crippen LogP contribution is -2.10. The topological polar surface area (TPSA) is 71.5 Å². The number of fused-ring (bicyclic) bond motifs is 1. The van der Waals surface area contributed by atoms with Crippen molar-refractivity contribution in [3.05, 3.63) is 29.3 Å². The summed E-state index contributed by atoms with van der Waals surface area (Å²) in [6.45, 7) is 2.68. The maximum atomic E-state index is 7.69. The maximum absolute atomic E-state index is 7.69. The van der Waals surface area contributed by atoms with Gasteiger partial charge in [-0.3, -0.25) is 5.41 Å². The van der Waals surface area contributed by atoms with E-state index >= 15 is 0 Å². The van der Waals surface area contributed by atoms with E-state index in [1.165, 1.54) is 0 Å². The van der Waals surface area contributed by atoms with Crippen molar-refractivity contribution in [3.63, 3.8) is 0 Å². The Balaban J connectivity index is 2.40. The Labute approximate surface area is 88.3 Å². The van der Waals surface area contributed by atoms with Gasteiger partial charge in [0, 0.05) is 5.56 Å². The molecule has 0 saturated carbocycles. The lowest BCUT2D eigenvalue weighted by Gasteiger charge is -2.08. The van der Waals surface area contributed by atoms with Crippen LogP contribution < -0.4 is 10.5 Å². The van der Waals surface area contributed by atoms with Gasteiger partial charge in [-0.15, -0.1) is 0 Å². The molecule has 0 saturated heterocycles. The van der Waals surface area contributed by atoms with Gasteiger partial charge >= 0.3 is 0 Å². The van der Waals surface area contributed by atoms with Gasteiger partial charge in [-0.25, -0.2) is 4.99 Å². The van der Waals surface area contributed by atoms with E-state index in [4.69, 9.17) is 15.9 Å². The minimum atomic E-state index is 0.189. The van der Waals surface area contributed by atoms with E-state index in [9.17, 15) is 0 Å². The van der Waals surface area contributed by atoms with Crippen molar-refractivity contribution in [1.29, 1.82) is 5.41 Å². The SMILES string of the molecule is CCCOc1cccc2c1C(=N)N=C2N. The van der Waals surface area contributed by atoms with Crippen LogP contribution in [0.4, 0.5) is 0 Å². The number of nitrogens with zero attached hydrogens (tertiary/aromatic N) is 1. The van der Waals surface area contributed by atoms with Gasteiger partial charge in [-0.1, -0.05) is 19.1 Å². The Morgan fingerprint density at radius 3 is 3.00 bits per heavy atom. The molecule has 78 valence electrons. The van der Waals surface area contributed by atoms with Crippen LogP contribution in [0.1, 0.15) is 24.5 Å². The molecular weight excluding hydrogens is 190 g/mol. The van der Waals surface area contributed by atoms with Gasteiger partial charge in [0.1, 0.15) is 11.6 Å². The molecule has 0 unspecified atom stereocenters. The molecule has 0 bridgehead atoms. The number of hydrogen-bond donors (Lipinski definition) is 2. The van der Waals surface area contributed by atoms with Crippen LogP contribution in [0.2, 0.25) is 0 Å². The second kappa shape index (κ2) is 3.73. The van der Waals surface area contributed by atoms with Crippen LogP contribution in [0.15, 0.2) is 23.2 Å². The largest absolute Gasteiger partial charge is 0.493 e. The molecule has 4 heteroatoms. The molecule has 1 aliphatic heterocycles. The van der Waals surface area contributed by atoms with Gasteiger partial charge in [0.25, 0.3) is 0 Å². The molecule has 0 aromatic heterocycles. The highest BCUT2D eigenvalue weighted by Crippen LogP contribution is 2.27. The quantitative estimate of drug-likeness (QED) is 0.781. The molecule has 0 amide bonds. The summed E-state index contributed by atoms with van der Waals surface area (Å²) in [4.78, 5) is 3.92. The predicted octanol–water partition coefficient (Wildman–Crippen LogP) is 1.52. The summed E-state index contributed by atoms with van der Waals surface area (Å²) >= 11 is 0. The summed E-state index contributed by atoms with van der Waals surface area (Å²) in [6, 6.07) is 5.57. The Bertz CT molecular complexity index is 437.